The number of carbonyl (C=O) groups excluding carboxylic acids is 1. The molecule has 26 heavy (non-hydrogen) atoms. The van der Waals surface area contributed by atoms with Gasteiger partial charge in [0, 0.05) is 24.0 Å². The molecule has 2 heterocycles. The fourth-order valence-electron chi connectivity index (χ4n) is 2.33. The Labute approximate surface area is 145 Å². The minimum Gasteiger partial charge on any atom is -0.322 e. The van der Waals surface area contributed by atoms with Gasteiger partial charge in [0.05, 0.1) is 24.6 Å². The molecule has 3 rings (SSSR count). The highest BCUT2D eigenvalue weighted by Crippen LogP contribution is 2.20. The second-order valence-corrected chi connectivity index (χ2v) is 5.64. The molecule has 0 aliphatic rings. The Morgan fingerprint density at radius 3 is 2.46 bits per heavy atom. The van der Waals surface area contributed by atoms with Gasteiger partial charge >= 0.3 is 0 Å². The number of hydrogen-bond acceptors (Lipinski definition) is 3. The van der Waals surface area contributed by atoms with Gasteiger partial charge < -0.3 is 5.32 Å². The molecule has 136 valence electrons. The van der Waals surface area contributed by atoms with Gasteiger partial charge in [-0.05, 0) is 12.5 Å². The Kier molecular flexibility index (Phi) is 4.74. The van der Waals surface area contributed by atoms with Gasteiger partial charge in [0.2, 0.25) is 5.91 Å². The van der Waals surface area contributed by atoms with Crippen LogP contribution in [0.3, 0.4) is 0 Å². The van der Waals surface area contributed by atoms with E-state index in [2.05, 4.69) is 15.5 Å². The summed E-state index contributed by atoms with van der Waals surface area (Å²) in [5.41, 5.74) is 0.514. The maximum atomic E-state index is 13.7. The quantitative estimate of drug-likeness (QED) is 0.428. The van der Waals surface area contributed by atoms with E-state index in [1.165, 1.54) is 17.1 Å². The summed E-state index contributed by atoms with van der Waals surface area (Å²) >= 11 is 0. The third-order valence-electron chi connectivity index (χ3n) is 3.51. The van der Waals surface area contributed by atoms with Crippen molar-refractivity contribution in [1.82, 2.24) is 19.6 Å². The van der Waals surface area contributed by atoms with E-state index in [1.807, 2.05) is 6.92 Å². The van der Waals surface area contributed by atoms with Gasteiger partial charge in [-0.15, -0.1) is 0 Å². The lowest BCUT2D eigenvalue weighted by molar-refractivity contribution is -0.116. The van der Waals surface area contributed by atoms with Crippen LogP contribution >= 0.6 is 0 Å². The molecule has 6 nitrogen and oxygen atoms in total. The Morgan fingerprint density at radius 2 is 1.77 bits per heavy atom. The van der Waals surface area contributed by atoms with Crippen molar-refractivity contribution in [3.63, 3.8) is 0 Å². The van der Waals surface area contributed by atoms with Crippen LogP contribution in [0.4, 0.5) is 23.2 Å². The third kappa shape index (κ3) is 3.73. The molecule has 0 fully saturated rings. The Bertz CT molecular complexity index is 966. The lowest BCUT2D eigenvalue weighted by Gasteiger charge is -2.07. The molecule has 0 spiro atoms. The van der Waals surface area contributed by atoms with Crippen molar-refractivity contribution >= 4 is 11.6 Å². The van der Waals surface area contributed by atoms with Gasteiger partial charge in [-0.2, -0.15) is 10.2 Å². The molecular weight excluding hydrogens is 354 g/mol. The Morgan fingerprint density at radius 1 is 1.04 bits per heavy atom. The zero-order chi connectivity index (χ0) is 18.8. The predicted molar refractivity (Wildman–Crippen MR) is 83.2 cm³/mol. The number of anilines is 1. The molecule has 1 aromatic carbocycles. The number of nitrogens with zero attached hydrogens (tertiary/aromatic N) is 4. The first-order chi connectivity index (χ1) is 12.3. The van der Waals surface area contributed by atoms with Gasteiger partial charge in [0.15, 0.2) is 17.5 Å². The molecule has 0 unspecified atom stereocenters. The van der Waals surface area contributed by atoms with Crippen molar-refractivity contribution in [3.05, 3.63) is 65.2 Å². The topological polar surface area (TPSA) is 64.7 Å². The fraction of sp³-hybridized carbons (Fsp3) is 0.188. The summed E-state index contributed by atoms with van der Waals surface area (Å²) in [6.45, 7) is 1.34. The maximum absolute atomic E-state index is 13.7. The number of aromatic nitrogens is 4. The van der Waals surface area contributed by atoms with Crippen molar-refractivity contribution in [2.24, 2.45) is 0 Å². The van der Waals surface area contributed by atoms with Crippen LogP contribution < -0.4 is 5.32 Å². The molecule has 0 bridgehead atoms. The van der Waals surface area contributed by atoms with Crippen LogP contribution in [-0.2, 0) is 17.9 Å². The lowest BCUT2D eigenvalue weighted by atomic mass is 10.2. The van der Waals surface area contributed by atoms with Gasteiger partial charge in [-0.1, -0.05) is 0 Å². The standard InChI is InChI=1S/C16H13F4N5O/c1-9-3-21-24(5-9)8-14(26)23-10-4-22-25(6-10)7-11-12(17)2-13(18)16(20)15(11)19/h2-6H,7-8H2,1H3,(H,23,26). The first-order valence-electron chi connectivity index (χ1n) is 7.46. The molecule has 3 aromatic rings. The van der Waals surface area contributed by atoms with Crippen molar-refractivity contribution in [1.29, 1.82) is 0 Å². The van der Waals surface area contributed by atoms with Crippen molar-refractivity contribution < 1.29 is 22.4 Å². The van der Waals surface area contributed by atoms with Crippen LogP contribution in [0.15, 0.2) is 30.9 Å². The summed E-state index contributed by atoms with van der Waals surface area (Å²) in [4.78, 5) is 11.9. The summed E-state index contributed by atoms with van der Waals surface area (Å²) in [7, 11) is 0. The summed E-state index contributed by atoms with van der Waals surface area (Å²) < 4.78 is 56.1. The Balaban J connectivity index is 1.69. The number of amides is 1. The fourth-order valence-corrected chi connectivity index (χ4v) is 2.33. The molecule has 0 atom stereocenters. The van der Waals surface area contributed by atoms with E-state index in [1.54, 1.807) is 12.4 Å². The summed E-state index contributed by atoms with van der Waals surface area (Å²) in [6, 6.07) is 0.270. The number of carbonyl (C=O) groups is 1. The van der Waals surface area contributed by atoms with Crippen LogP contribution in [0.5, 0.6) is 0 Å². The minimum atomic E-state index is -1.75. The highest BCUT2D eigenvalue weighted by atomic mass is 19.2. The van der Waals surface area contributed by atoms with Crippen molar-refractivity contribution in [2.45, 2.75) is 20.0 Å². The van der Waals surface area contributed by atoms with Gasteiger partial charge in [-0.25, -0.2) is 17.6 Å². The first-order valence-corrected chi connectivity index (χ1v) is 7.46. The zero-order valence-corrected chi connectivity index (χ0v) is 13.5. The predicted octanol–water partition coefficient (Wildman–Crippen LogP) is 2.63. The summed E-state index contributed by atoms with van der Waals surface area (Å²) in [5, 5.41) is 10.4. The smallest absolute Gasteiger partial charge is 0.246 e. The number of halogens is 4. The van der Waals surface area contributed by atoms with Crippen LogP contribution in [0.1, 0.15) is 11.1 Å². The van der Waals surface area contributed by atoms with E-state index in [-0.39, 0.29) is 24.2 Å². The number of hydrogen-bond donors (Lipinski definition) is 1. The lowest BCUT2D eigenvalue weighted by Crippen LogP contribution is -2.18. The average molecular weight is 367 g/mol. The van der Waals surface area contributed by atoms with E-state index < -0.39 is 35.4 Å². The maximum Gasteiger partial charge on any atom is 0.246 e. The third-order valence-corrected chi connectivity index (χ3v) is 3.51. The SMILES string of the molecule is Cc1cnn(CC(=O)Nc2cnn(Cc3c(F)cc(F)c(F)c3F)c2)c1. The summed E-state index contributed by atoms with van der Waals surface area (Å²) in [5.74, 6) is -6.57. The molecule has 10 heteroatoms. The molecule has 0 aliphatic carbocycles. The van der Waals surface area contributed by atoms with E-state index >= 15 is 0 Å². The van der Waals surface area contributed by atoms with Crippen molar-refractivity contribution in [3.8, 4) is 0 Å². The number of aryl methyl sites for hydroxylation is 1. The van der Waals surface area contributed by atoms with E-state index in [0.717, 1.165) is 10.2 Å². The molecule has 2 aromatic heterocycles. The Hall–Kier alpha value is -3.17. The molecular formula is C16H13F4N5O. The second-order valence-electron chi connectivity index (χ2n) is 5.64. The molecule has 0 saturated heterocycles. The molecule has 1 N–H and O–H groups in total. The highest BCUT2D eigenvalue weighted by Gasteiger charge is 2.19. The molecule has 0 aliphatic heterocycles. The summed E-state index contributed by atoms with van der Waals surface area (Å²) in [6.07, 6.45) is 5.88. The molecule has 0 saturated carbocycles. The van der Waals surface area contributed by atoms with E-state index in [0.29, 0.717) is 0 Å². The van der Waals surface area contributed by atoms with E-state index in [4.69, 9.17) is 0 Å². The van der Waals surface area contributed by atoms with Crippen molar-refractivity contribution in [2.75, 3.05) is 5.32 Å². The average Bonchev–Trinajstić information content (AvgIpc) is 3.18. The normalized spacial score (nSPS) is 11.0. The number of benzene rings is 1. The van der Waals surface area contributed by atoms with E-state index in [9.17, 15) is 22.4 Å². The first kappa shape index (κ1) is 17.6. The highest BCUT2D eigenvalue weighted by molar-refractivity contribution is 5.90. The monoisotopic (exact) mass is 367 g/mol. The number of rotatable bonds is 5. The van der Waals surface area contributed by atoms with Gasteiger partial charge in [0.25, 0.3) is 0 Å². The number of nitrogens with one attached hydrogen (secondary N) is 1. The molecule has 1 amide bonds. The van der Waals surface area contributed by atoms with Crippen LogP contribution in [0.25, 0.3) is 0 Å². The minimum absolute atomic E-state index is 0.0224. The van der Waals surface area contributed by atoms with Crippen LogP contribution in [0.2, 0.25) is 0 Å². The second kappa shape index (κ2) is 6.98. The van der Waals surface area contributed by atoms with Crippen LogP contribution in [0, 0.1) is 30.2 Å². The van der Waals surface area contributed by atoms with Gasteiger partial charge in [-0.3, -0.25) is 14.2 Å². The van der Waals surface area contributed by atoms with Crippen LogP contribution in [-0.4, -0.2) is 25.5 Å². The largest absolute Gasteiger partial charge is 0.322 e. The van der Waals surface area contributed by atoms with Gasteiger partial charge in [0.1, 0.15) is 12.4 Å². The molecule has 0 radical (unpaired) electrons. The zero-order valence-electron chi connectivity index (χ0n) is 13.5.